The van der Waals surface area contributed by atoms with Crippen molar-refractivity contribution < 1.29 is 41.4 Å². The first-order valence-electron chi connectivity index (χ1n) is 9.13. The Kier molecular flexibility index (Phi) is 6.61. The predicted molar refractivity (Wildman–Crippen MR) is 94.2 cm³/mol. The number of carboxylic acid groups (broad SMARTS) is 1. The van der Waals surface area contributed by atoms with Crippen LogP contribution in [0, 0.1) is 5.82 Å². The van der Waals surface area contributed by atoms with E-state index in [2.05, 4.69) is 9.88 Å². The molecule has 0 bridgehead atoms. The lowest BCUT2D eigenvalue weighted by Crippen LogP contribution is -2.33. The molecule has 2 aliphatic heterocycles. The third-order valence-corrected chi connectivity index (χ3v) is 4.78. The minimum Gasteiger partial charge on any atom is -0.475 e. The molecule has 1 N–H and O–H groups in total. The number of hydrogen-bond donors (Lipinski definition) is 1. The van der Waals surface area contributed by atoms with Gasteiger partial charge in [0.05, 0.1) is 25.0 Å². The molecule has 164 valence electrons. The zero-order valence-corrected chi connectivity index (χ0v) is 15.8. The molecule has 2 aromatic rings. The fraction of sp³-hybridized carbons (Fsp3) is 0.474. The Balaban J connectivity index is 0.000000318. The summed E-state index contributed by atoms with van der Waals surface area (Å²) in [6.45, 7) is 3.08. The lowest BCUT2D eigenvalue weighted by atomic mass is 9.98. The molecule has 11 heteroatoms. The molecule has 2 saturated heterocycles. The zero-order valence-electron chi connectivity index (χ0n) is 15.8. The number of likely N-dealkylation sites (tertiary alicyclic amines) is 1. The van der Waals surface area contributed by atoms with Gasteiger partial charge in [-0.3, -0.25) is 4.90 Å². The van der Waals surface area contributed by atoms with E-state index in [0.717, 1.165) is 38.2 Å². The molecule has 0 unspecified atom stereocenters. The fourth-order valence-corrected chi connectivity index (χ4v) is 3.46. The van der Waals surface area contributed by atoms with E-state index in [1.165, 1.54) is 12.3 Å². The van der Waals surface area contributed by atoms with Crippen LogP contribution in [-0.4, -0.2) is 58.5 Å². The summed E-state index contributed by atoms with van der Waals surface area (Å²) in [5, 5.41) is 7.12. The zero-order chi connectivity index (χ0) is 21.8. The van der Waals surface area contributed by atoms with E-state index in [1.54, 1.807) is 12.3 Å². The summed E-state index contributed by atoms with van der Waals surface area (Å²) in [6.07, 6.45) is -0.290. The molecular formula is C19H20F4N2O5. The highest BCUT2D eigenvalue weighted by atomic mass is 19.4. The number of rotatable bonds is 4. The second-order valence-electron chi connectivity index (χ2n) is 7.07. The number of carbonyl (C=O) groups is 1. The van der Waals surface area contributed by atoms with Crippen LogP contribution in [0.1, 0.15) is 18.6 Å². The molecule has 2 atom stereocenters. The topological polar surface area (TPSA) is 85.0 Å². The second kappa shape index (κ2) is 9.00. The molecule has 4 heterocycles. The van der Waals surface area contributed by atoms with Crippen molar-refractivity contribution in [3.05, 3.63) is 48.3 Å². The number of furan rings is 1. The number of nitrogens with zero attached hydrogens (tertiary/aromatic N) is 2. The number of hydrogen-bond acceptors (Lipinski definition) is 6. The Morgan fingerprint density at radius 2 is 2.13 bits per heavy atom. The van der Waals surface area contributed by atoms with Crippen LogP contribution in [0.15, 0.2) is 41.1 Å². The highest BCUT2D eigenvalue weighted by Gasteiger charge is 2.46. The number of aliphatic carboxylic acids is 1. The van der Waals surface area contributed by atoms with Crippen molar-refractivity contribution in [2.75, 3.05) is 19.7 Å². The van der Waals surface area contributed by atoms with Gasteiger partial charge in [0.25, 0.3) is 5.88 Å². The molecule has 7 nitrogen and oxygen atoms in total. The predicted octanol–water partition coefficient (Wildman–Crippen LogP) is 3.26. The van der Waals surface area contributed by atoms with Crippen molar-refractivity contribution in [3.63, 3.8) is 0 Å². The Hall–Kier alpha value is -2.66. The lowest BCUT2D eigenvalue weighted by Gasteiger charge is -2.23. The van der Waals surface area contributed by atoms with Gasteiger partial charge in [-0.05, 0) is 30.7 Å². The van der Waals surface area contributed by atoms with Gasteiger partial charge in [0.15, 0.2) is 5.82 Å². The molecular weight excluding hydrogens is 412 g/mol. The molecule has 0 saturated carbocycles. The third-order valence-electron chi connectivity index (χ3n) is 4.78. The molecule has 30 heavy (non-hydrogen) atoms. The highest BCUT2D eigenvalue weighted by molar-refractivity contribution is 5.73. The summed E-state index contributed by atoms with van der Waals surface area (Å²) in [5.74, 6) is -2.17. The van der Waals surface area contributed by atoms with E-state index in [0.29, 0.717) is 6.61 Å². The second-order valence-corrected chi connectivity index (χ2v) is 7.07. The Labute approximate surface area is 169 Å². The van der Waals surface area contributed by atoms with Gasteiger partial charge in [-0.25, -0.2) is 14.2 Å². The smallest absolute Gasteiger partial charge is 0.475 e. The Bertz CT molecular complexity index is 846. The molecule has 2 fully saturated rings. The molecule has 2 aliphatic rings. The Morgan fingerprint density at radius 1 is 1.37 bits per heavy atom. The maximum atomic E-state index is 13.6. The molecule has 4 rings (SSSR count). The van der Waals surface area contributed by atoms with Gasteiger partial charge in [-0.2, -0.15) is 13.2 Å². The number of alkyl halides is 3. The number of carboxylic acids is 1. The summed E-state index contributed by atoms with van der Waals surface area (Å²) in [4.78, 5) is 15.2. The van der Waals surface area contributed by atoms with Crippen LogP contribution in [0.3, 0.4) is 0 Å². The van der Waals surface area contributed by atoms with Gasteiger partial charge < -0.3 is 19.0 Å². The van der Waals surface area contributed by atoms with Gasteiger partial charge in [-0.1, -0.05) is 0 Å². The van der Waals surface area contributed by atoms with Crippen LogP contribution in [0.2, 0.25) is 0 Å². The highest BCUT2D eigenvalue weighted by Crippen LogP contribution is 2.37. The number of ether oxygens (including phenoxy) is 2. The standard InChI is InChI=1S/C17H19FN2O3.C2HF3O2/c18-15-4-1-6-19-16(15)23-14-9-17(22-11-14)5-7-20(12-17)10-13-3-2-8-21-13;3-2(4,5)1(6)7/h1-4,6,8,14H,5,7,9-12H2;(H,6,7)/t14-,17+;/m1./s1. The molecule has 1 spiro atoms. The molecule has 0 radical (unpaired) electrons. The summed E-state index contributed by atoms with van der Waals surface area (Å²) < 4.78 is 62.5. The first kappa shape index (κ1) is 22.0. The number of halogens is 4. The van der Waals surface area contributed by atoms with E-state index in [1.807, 2.05) is 12.1 Å². The third kappa shape index (κ3) is 5.70. The Morgan fingerprint density at radius 3 is 2.77 bits per heavy atom. The van der Waals surface area contributed by atoms with Crippen molar-refractivity contribution in [3.8, 4) is 5.88 Å². The molecule has 0 aliphatic carbocycles. The molecule has 0 amide bonds. The first-order valence-corrected chi connectivity index (χ1v) is 9.13. The first-order chi connectivity index (χ1) is 14.2. The van der Waals surface area contributed by atoms with E-state index >= 15 is 0 Å². The van der Waals surface area contributed by atoms with Gasteiger partial charge in [0, 0.05) is 25.7 Å². The number of aromatic nitrogens is 1. The van der Waals surface area contributed by atoms with Crippen LogP contribution < -0.4 is 4.74 Å². The van der Waals surface area contributed by atoms with Crippen molar-refractivity contribution >= 4 is 5.97 Å². The van der Waals surface area contributed by atoms with Gasteiger partial charge in [0.1, 0.15) is 11.9 Å². The number of pyridine rings is 1. The van der Waals surface area contributed by atoms with Crippen molar-refractivity contribution in [2.24, 2.45) is 0 Å². The lowest BCUT2D eigenvalue weighted by molar-refractivity contribution is -0.192. The van der Waals surface area contributed by atoms with E-state index in [-0.39, 0.29) is 17.6 Å². The molecule has 0 aromatic carbocycles. The van der Waals surface area contributed by atoms with Crippen molar-refractivity contribution in [2.45, 2.75) is 37.3 Å². The van der Waals surface area contributed by atoms with Crippen molar-refractivity contribution in [1.29, 1.82) is 0 Å². The van der Waals surface area contributed by atoms with E-state index in [4.69, 9.17) is 23.8 Å². The quantitative estimate of drug-likeness (QED) is 0.743. The van der Waals surface area contributed by atoms with Gasteiger partial charge >= 0.3 is 12.1 Å². The molecule has 2 aromatic heterocycles. The maximum Gasteiger partial charge on any atom is 0.490 e. The van der Waals surface area contributed by atoms with E-state index < -0.39 is 18.0 Å². The minimum absolute atomic E-state index is 0.0589. The normalized spacial score (nSPS) is 23.9. The minimum atomic E-state index is -5.08. The summed E-state index contributed by atoms with van der Waals surface area (Å²) in [6, 6.07) is 6.79. The summed E-state index contributed by atoms with van der Waals surface area (Å²) in [5.41, 5.74) is -0.192. The van der Waals surface area contributed by atoms with Crippen LogP contribution in [-0.2, 0) is 16.1 Å². The monoisotopic (exact) mass is 432 g/mol. The van der Waals surface area contributed by atoms with Gasteiger partial charge in [-0.15, -0.1) is 0 Å². The van der Waals surface area contributed by atoms with Crippen molar-refractivity contribution in [1.82, 2.24) is 9.88 Å². The summed E-state index contributed by atoms with van der Waals surface area (Å²) in [7, 11) is 0. The van der Waals surface area contributed by atoms with Crippen LogP contribution in [0.25, 0.3) is 0 Å². The largest absolute Gasteiger partial charge is 0.490 e. The average Bonchev–Trinajstić information content (AvgIpc) is 3.41. The average molecular weight is 432 g/mol. The fourth-order valence-electron chi connectivity index (χ4n) is 3.46. The SMILES string of the molecule is Fc1cccnc1O[C@H]1CO[C@@]2(CCN(Cc3ccco3)C2)C1.O=C(O)C(F)(F)F. The van der Waals surface area contributed by atoms with Crippen LogP contribution in [0.5, 0.6) is 5.88 Å². The van der Waals surface area contributed by atoms with Crippen LogP contribution in [0.4, 0.5) is 17.6 Å². The van der Waals surface area contributed by atoms with E-state index in [9.17, 15) is 17.6 Å². The van der Waals surface area contributed by atoms with Gasteiger partial charge in [0.2, 0.25) is 0 Å². The maximum absolute atomic E-state index is 13.6. The summed E-state index contributed by atoms with van der Waals surface area (Å²) >= 11 is 0. The van der Waals surface area contributed by atoms with Crippen LogP contribution >= 0.6 is 0 Å².